The molecule has 0 aromatic heterocycles. The van der Waals surface area contributed by atoms with Gasteiger partial charge in [0.15, 0.2) is 11.4 Å². The minimum absolute atomic E-state index is 0.0620. The molecule has 3 aliphatic carbocycles. The third kappa shape index (κ3) is 4.71. The van der Waals surface area contributed by atoms with Gasteiger partial charge in [0, 0.05) is 37.2 Å². The molecule has 1 amide bonds. The van der Waals surface area contributed by atoms with Crippen molar-refractivity contribution < 1.29 is 39.5 Å². The van der Waals surface area contributed by atoms with E-state index in [4.69, 9.17) is 10.5 Å². The van der Waals surface area contributed by atoms with Gasteiger partial charge in [-0.1, -0.05) is 42.5 Å². The highest BCUT2D eigenvalue weighted by molar-refractivity contribution is 6.25. The number of carbonyl (C=O) groups excluding carboxylic acids is 3. The van der Waals surface area contributed by atoms with Crippen molar-refractivity contribution in [3.05, 3.63) is 70.8 Å². The van der Waals surface area contributed by atoms with Crippen LogP contribution in [0.25, 0.3) is 27.7 Å². The number of ether oxygens (including phenoxy) is 1. The first-order valence-corrected chi connectivity index (χ1v) is 16.0. The number of likely N-dealkylation sites (N-methyl/N-ethyl adjacent to an activating group) is 1. The van der Waals surface area contributed by atoms with Crippen molar-refractivity contribution in [2.45, 2.75) is 37.1 Å². The number of nitrogens with zero attached hydrogens (tertiary/aromatic N) is 2. The first kappa shape index (κ1) is 31.5. The molecule has 4 aliphatic rings. The molecule has 2 saturated carbocycles. The number of aliphatic hydroxyl groups excluding tert-OH is 2. The van der Waals surface area contributed by atoms with Gasteiger partial charge >= 0.3 is 0 Å². The number of phenols is 1. The van der Waals surface area contributed by atoms with E-state index in [-0.39, 0.29) is 29.7 Å². The Labute approximate surface area is 271 Å². The second-order valence-electron chi connectivity index (χ2n) is 13.5. The molecule has 6 atom stereocenters. The maximum atomic E-state index is 14.2. The van der Waals surface area contributed by atoms with Crippen molar-refractivity contribution in [2.75, 3.05) is 40.4 Å². The van der Waals surface area contributed by atoms with E-state index in [1.807, 2.05) is 30.3 Å². The van der Waals surface area contributed by atoms with Crippen molar-refractivity contribution in [1.29, 1.82) is 0 Å². The standard InChI is InChI=1S/C36H39N3O8/c1-38(2)30-25-16-19-15-24-23(22-8-7-18(17-39-11-13-47-14-12-39)20-5-3-4-6-21(20)22)9-10-26(40)28(24)31(41)27(19)33(43)36(25,46)34(44)29(32(30)42)35(37)45/h3-10,19,25,29-30,32,40-42,46H,11-17H2,1-2H3,(H2,37,45)/t19-,25-,29?,30-,32?,36-/m1/s1. The third-order valence-corrected chi connectivity index (χ3v) is 10.8. The summed E-state index contributed by atoms with van der Waals surface area (Å²) in [5.41, 5.74) is 6.19. The summed E-state index contributed by atoms with van der Waals surface area (Å²) in [7, 11) is 3.27. The van der Waals surface area contributed by atoms with E-state index in [1.165, 1.54) is 11.6 Å². The van der Waals surface area contributed by atoms with E-state index >= 15 is 0 Å². The van der Waals surface area contributed by atoms with Gasteiger partial charge in [-0.15, -0.1) is 0 Å². The molecule has 1 heterocycles. The van der Waals surface area contributed by atoms with Crippen LogP contribution in [-0.2, 0) is 32.1 Å². The maximum absolute atomic E-state index is 14.2. The number of morpholine rings is 1. The lowest BCUT2D eigenvalue weighted by atomic mass is 9.54. The average molecular weight is 642 g/mol. The Kier molecular flexibility index (Phi) is 7.72. The van der Waals surface area contributed by atoms with Gasteiger partial charge in [0.2, 0.25) is 11.7 Å². The number of hydrogen-bond donors (Lipinski definition) is 5. The number of Topliss-reactive ketones (excluding diaryl/α,β-unsaturated/α-hetero) is 2. The molecule has 1 aliphatic heterocycles. The predicted molar refractivity (Wildman–Crippen MR) is 173 cm³/mol. The van der Waals surface area contributed by atoms with Gasteiger partial charge < -0.3 is 35.8 Å². The molecule has 47 heavy (non-hydrogen) atoms. The number of hydrogen-bond acceptors (Lipinski definition) is 10. The summed E-state index contributed by atoms with van der Waals surface area (Å²) in [6.45, 7) is 3.88. The molecule has 0 bridgehead atoms. The van der Waals surface area contributed by atoms with E-state index in [0.29, 0.717) is 18.8 Å². The Morgan fingerprint density at radius 2 is 1.70 bits per heavy atom. The molecule has 246 valence electrons. The SMILES string of the molecule is CN(C)[C@H]1C(O)C(C(N)=O)C(=O)[C@]2(O)C(=O)C3=C(O)c4c(O)ccc(-c5ccc(CN6CCOCC6)c6ccccc56)c4C[C@@H]3C[C@H]12. The fourth-order valence-corrected chi connectivity index (χ4v) is 8.59. The van der Waals surface area contributed by atoms with Crippen LogP contribution in [-0.4, -0.2) is 106 Å². The van der Waals surface area contributed by atoms with Gasteiger partial charge in [0.1, 0.15) is 17.4 Å². The fraction of sp³-hybridized carbons (Fsp3) is 0.417. The minimum Gasteiger partial charge on any atom is -0.507 e. The molecule has 0 radical (unpaired) electrons. The van der Waals surface area contributed by atoms with Gasteiger partial charge in [0.05, 0.1) is 24.9 Å². The van der Waals surface area contributed by atoms with Crippen LogP contribution in [0.3, 0.4) is 0 Å². The smallest absolute Gasteiger partial charge is 0.230 e. The van der Waals surface area contributed by atoms with E-state index < -0.39 is 58.7 Å². The maximum Gasteiger partial charge on any atom is 0.230 e. The Morgan fingerprint density at radius 3 is 2.38 bits per heavy atom. The van der Waals surface area contributed by atoms with Crippen LogP contribution in [0.1, 0.15) is 23.1 Å². The number of phenolic OH excluding ortho intramolecular Hbond substituents is 1. The van der Waals surface area contributed by atoms with Crippen LogP contribution < -0.4 is 5.73 Å². The number of carbonyl (C=O) groups is 3. The van der Waals surface area contributed by atoms with E-state index in [2.05, 4.69) is 17.0 Å². The molecule has 3 aromatic carbocycles. The predicted octanol–water partition coefficient (Wildman–Crippen LogP) is 1.78. The lowest BCUT2D eigenvalue weighted by molar-refractivity contribution is -0.184. The number of fused-ring (bicyclic) bond motifs is 4. The quantitative estimate of drug-likeness (QED) is 0.259. The highest BCUT2D eigenvalue weighted by atomic mass is 16.5. The third-order valence-electron chi connectivity index (χ3n) is 10.8. The average Bonchev–Trinajstić information content (AvgIpc) is 3.03. The van der Waals surface area contributed by atoms with E-state index in [9.17, 15) is 34.8 Å². The van der Waals surface area contributed by atoms with Gasteiger partial charge in [-0.25, -0.2) is 0 Å². The lowest BCUT2D eigenvalue weighted by Crippen LogP contribution is -2.73. The summed E-state index contributed by atoms with van der Waals surface area (Å²) in [6, 6.07) is 14.6. The minimum atomic E-state index is -2.69. The van der Waals surface area contributed by atoms with Crippen molar-refractivity contribution in [1.82, 2.24) is 9.80 Å². The molecular formula is C36H39N3O8. The van der Waals surface area contributed by atoms with Crippen LogP contribution in [0.5, 0.6) is 5.75 Å². The van der Waals surface area contributed by atoms with Crippen molar-refractivity contribution in [3.63, 3.8) is 0 Å². The lowest BCUT2D eigenvalue weighted by Gasteiger charge is -2.53. The number of aliphatic hydroxyl groups is 3. The number of amides is 1. The summed E-state index contributed by atoms with van der Waals surface area (Å²) in [4.78, 5) is 44.1. The van der Waals surface area contributed by atoms with Gasteiger partial charge in [-0.2, -0.15) is 0 Å². The number of ketones is 2. The van der Waals surface area contributed by atoms with E-state index in [1.54, 1.807) is 19.0 Å². The van der Waals surface area contributed by atoms with Crippen LogP contribution in [0.15, 0.2) is 54.1 Å². The monoisotopic (exact) mass is 641 g/mol. The zero-order valence-electron chi connectivity index (χ0n) is 26.3. The molecule has 2 unspecified atom stereocenters. The van der Waals surface area contributed by atoms with E-state index in [0.717, 1.165) is 41.5 Å². The summed E-state index contributed by atoms with van der Waals surface area (Å²) in [5, 5.41) is 47.9. The number of aromatic hydroxyl groups is 1. The van der Waals surface area contributed by atoms with Crippen molar-refractivity contribution in [3.8, 4) is 16.9 Å². The second kappa shape index (κ2) is 11.5. The van der Waals surface area contributed by atoms with Gasteiger partial charge in [0.25, 0.3) is 0 Å². The van der Waals surface area contributed by atoms with Crippen LogP contribution in [0, 0.1) is 17.8 Å². The molecule has 6 N–H and O–H groups in total. The topological polar surface area (TPSA) is 174 Å². The van der Waals surface area contributed by atoms with Crippen LogP contribution >= 0.6 is 0 Å². The highest BCUT2D eigenvalue weighted by Crippen LogP contribution is 2.53. The number of benzene rings is 3. The zero-order valence-corrected chi connectivity index (χ0v) is 26.3. The molecule has 3 fully saturated rings. The Bertz CT molecular complexity index is 1850. The first-order chi connectivity index (χ1) is 22.4. The second-order valence-corrected chi connectivity index (χ2v) is 13.5. The molecule has 11 nitrogen and oxygen atoms in total. The molecule has 7 rings (SSSR count). The van der Waals surface area contributed by atoms with Crippen molar-refractivity contribution in [2.24, 2.45) is 23.5 Å². The van der Waals surface area contributed by atoms with Gasteiger partial charge in [-0.3, -0.25) is 19.3 Å². The molecule has 3 aromatic rings. The fourth-order valence-electron chi connectivity index (χ4n) is 8.59. The summed E-state index contributed by atoms with van der Waals surface area (Å²) in [6.07, 6.45) is -1.25. The normalized spacial score (nSPS) is 29.5. The molecule has 0 spiro atoms. The Morgan fingerprint density at radius 1 is 1.02 bits per heavy atom. The van der Waals surface area contributed by atoms with Crippen molar-refractivity contribution >= 4 is 34.0 Å². The summed E-state index contributed by atoms with van der Waals surface area (Å²) in [5.74, 6) is -7.61. The highest BCUT2D eigenvalue weighted by Gasteiger charge is 2.67. The van der Waals surface area contributed by atoms with Crippen LogP contribution in [0.2, 0.25) is 0 Å². The number of rotatable bonds is 5. The van der Waals surface area contributed by atoms with Crippen LogP contribution in [0.4, 0.5) is 0 Å². The molecular weight excluding hydrogens is 602 g/mol. The summed E-state index contributed by atoms with van der Waals surface area (Å²) >= 11 is 0. The summed E-state index contributed by atoms with van der Waals surface area (Å²) < 4.78 is 5.52. The first-order valence-electron chi connectivity index (χ1n) is 16.0. The number of nitrogens with two attached hydrogens (primary N) is 1. The Hall–Kier alpha value is -4.13. The zero-order chi connectivity index (χ0) is 33.4. The molecule has 11 heteroatoms. The largest absolute Gasteiger partial charge is 0.507 e. The van der Waals surface area contributed by atoms with Gasteiger partial charge in [-0.05, 0) is 71.9 Å². The molecule has 1 saturated heterocycles. The Balaban J connectivity index is 1.36. The number of primary amides is 1.